The van der Waals surface area contributed by atoms with E-state index in [1.165, 1.54) is 12.0 Å². The van der Waals surface area contributed by atoms with E-state index in [0.29, 0.717) is 12.1 Å². The number of nitriles is 1. The summed E-state index contributed by atoms with van der Waals surface area (Å²) in [6, 6.07) is 5.79. The van der Waals surface area contributed by atoms with E-state index in [1.807, 2.05) is 33.9 Å². The smallest absolute Gasteiger partial charge is 0.410 e. The van der Waals surface area contributed by atoms with Gasteiger partial charge in [-0.05, 0) is 51.7 Å². The summed E-state index contributed by atoms with van der Waals surface area (Å²) in [5.74, 6) is 2.85. The fraction of sp³-hybridized carbons (Fsp3) is 0.577. The molecular formula is C26H33N7O2. The number of carbonyl (C=O) groups is 1. The standard InChI is InChI=1S/C26H33N7O2/c1-17-13-32(14-19(17)31(5)24(34)35-25(2,3)4)22-21-23(30-16-29-22)33(15-26(21)8-6-9-26)20-11-18(12-27)7-10-28-20/h7,10-11,16-17,19H,6,8-9,13-15H2,1-5H3/t17-,19+/m0/s1. The lowest BCUT2D eigenvalue weighted by Gasteiger charge is -2.40. The zero-order valence-electron chi connectivity index (χ0n) is 21.2. The Morgan fingerprint density at radius 1 is 1.23 bits per heavy atom. The third kappa shape index (κ3) is 4.05. The number of pyridine rings is 1. The Balaban J connectivity index is 1.46. The Labute approximate surface area is 206 Å². The second-order valence-corrected chi connectivity index (χ2v) is 11.2. The van der Waals surface area contributed by atoms with Crippen LogP contribution in [-0.2, 0) is 10.2 Å². The molecule has 2 atom stereocenters. The van der Waals surface area contributed by atoms with Crippen LogP contribution in [0.3, 0.4) is 0 Å². The third-order valence-corrected chi connectivity index (χ3v) is 7.57. The quantitative estimate of drug-likeness (QED) is 0.657. The number of hydrogen-bond acceptors (Lipinski definition) is 8. The van der Waals surface area contributed by atoms with Crippen molar-refractivity contribution >= 4 is 23.5 Å². The lowest BCUT2D eigenvalue weighted by Crippen LogP contribution is -2.44. The van der Waals surface area contributed by atoms with Crippen LogP contribution < -0.4 is 9.80 Å². The minimum absolute atomic E-state index is 0.00531. The van der Waals surface area contributed by atoms with E-state index < -0.39 is 5.60 Å². The highest BCUT2D eigenvalue weighted by Crippen LogP contribution is 2.56. The molecule has 1 spiro atoms. The molecule has 0 radical (unpaired) electrons. The maximum Gasteiger partial charge on any atom is 0.410 e. The van der Waals surface area contributed by atoms with Gasteiger partial charge in [0.05, 0.1) is 17.7 Å². The summed E-state index contributed by atoms with van der Waals surface area (Å²) in [6.45, 7) is 10.1. The minimum atomic E-state index is -0.530. The number of aromatic nitrogens is 3. The van der Waals surface area contributed by atoms with Gasteiger partial charge in [-0.2, -0.15) is 5.26 Å². The molecule has 2 fully saturated rings. The molecule has 0 bridgehead atoms. The summed E-state index contributed by atoms with van der Waals surface area (Å²) in [6.07, 6.45) is 6.35. The second-order valence-electron chi connectivity index (χ2n) is 11.2. The molecule has 35 heavy (non-hydrogen) atoms. The number of amides is 1. The van der Waals surface area contributed by atoms with Crippen molar-refractivity contribution in [1.82, 2.24) is 19.9 Å². The predicted octanol–water partition coefficient (Wildman–Crippen LogP) is 4.01. The molecule has 1 amide bonds. The SMILES string of the molecule is C[C@H]1CN(c2ncnc3c2C2(CCC2)CN3c2cc(C#N)ccn2)C[C@H]1N(C)C(=O)OC(C)(C)C. The summed E-state index contributed by atoms with van der Waals surface area (Å²) in [5.41, 5.74) is 1.23. The average molecular weight is 476 g/mol. The van der Waals surface area contributed by atoms with Crippen LogP contribution in [0.15, 0.2) is 24.7 Å². The van der Waals surface area contributed by atoms with E-state index in [-0.39, 0.29) is 23.5 Å². The molecule has 0 aromatic carbocycles. The molecular weight excluding hydrogens is 442 g/mol. The summed E-state index contributed by atoms with van der Waals surface area (Å²) in [4.78, 5) is 33.0. The molecule has 5 rings (SSSR count). The van der Waals surface area contributed by atoms with E-state index >= 15 is 0 Å². The van der Waals surface area contributed by atoms with Crippen LogP contribution in [-0.4, -0.2) is 64.3 Å². The first-order chi connectivity index (χ1) is 16.6. The second kappa shape index (κ2) is 8.36. The number of anilines is 3. The molecule has 4 heterocycles. The Morgan fingerprint density at radius 2 is 1.97 bits per heavy atom. The number of carbonyl (C=O) groups excluding carboxylic acids is 1. The first kappa shape index (κ1) is 23.3. The van der Waals surface area contributed by atoms with Crippen molar-refractivity contribution in [3.05, 3.63) is 35.8 Å². The first-order valence-electron chi connectivity index (χ1n) is 12.3. The Hall–Kier alpha value is -3.41. The largest absolute Gasteiger partial charge is 0.444 e. The Bertz CT molecular complexity index is 1180. The van der Waals surface area contributed by atoms with Crippen molar-refractivity contribution in [2.24, 2.45) is 5.92 Å². The average Bonchev–Trinajstić information content (AvgIpc) is 3.36. The zero-order chi connectivity index (χ0) is 25.0. The minimum Gasteiger partial charge on any atom is -0.444 e. The molecule has 184 valence electrons. The Kier molecular flexibility index (Phi) is 5.58. The van der Waals surface area contributed by atoms with E-state index in [9.17, 15) is 10.1 Å². The number of hydrogen-bond donors (Lipinski definition) is 0. The summed E-state index contributed by atoms with van der Waals surface area (Å²) in [7, 11) is 1.83. The normalized spacial score (nSPS) is 22.5. The van der Waals surface area contributed by atoms with Crippen LogP contribution in [0.25, 0.3) is 0 Å². The molecule has 1 aliphatic carbocycles. The van der Waals surface area contributed by atoms with E-state index in [4.69, 9.17) is 14.7 Å². The Morgan fingerprint density at radius 3 is 2.63 bits per heavy atom. The first-order valence-corrected chi connectivity index (χ1v) is 12.3. The molecule has 9 heteroatoms. The van der Waals surface area contributed by atoms with Gasteiger partial charge in [0.25, 0.3) is 0 Å². The number of nitrogens with zero attached hydrogens (tertiary/aromatic N) is 7. The van der Waals surface area contributed by atoms with Gasteiger partial charge >= 0.3 is 6.09 Å². The van der Waals surface area contributed by atoms with Crippen LogP contribution in [0, 0.1) is 17.2 Å². The summed E-state index contributed by atoms with van der Waals surface area (Å²) < 4.78 is 5.62. The van der Waals surface area contributed by atoms with Crippen molar-refractivity contribution in [2.75, 3.05) is 36.5 Å². The van der Waals surface area contributed by atoms with E-state index in [0.717, 1.165) is 43.4 Å². The van der Waals surface area contributed by atoms with Gasteiger partial charge in [-0.1, -0.05) is 13.3 Å². The van der Waals surface area contributed by atoms with Crippen LogP contribution in [0.2, 0.25) is 0 Å². The number of ether oxygens (including phenoxy) is 1. The van der Waals surface area contributed by atoms with Gasteiger partial charge in [0.15, 0.2) is 0 Å². The van der Waals surface area contributed by atoms with Gasteiger partial charge in [0.2, 0.25) is 0 Å². The van der Waals surface area contributed by atoms with Gasteiger partial charge in [0.1, 0.15) is 29.4 Å². The topological polar surface area (TPSA) is 98.5 Å². The number of rotatable bonds is 3. The maximum absolute atomic E-state index is 12.8. The van der Waals surface area contributed by atoms with E-state index in [2.05, 4.69) is 27.8 Å². The van der Waals surface area contributed by atoms with Gasteiger partial charge in [0, 0.05) is 43.9 Å². The van der Waals surface area contributed by atoms with Crippen LogP contribution >= 0.6 is 0 Å². The molecule has 1 saturated carbocycles. The van der Waals surface area contributed by atoms with Crippen molar-refractivity contribution < 1.29 is 9.53 Å². The van der Waals surface area contributed by atoms with Gasteiger partial charge in [-0.25, -0.2) is 19.7 Å². The molecule has 2 aromatic rings. The third-order valence-electron chi connectivity index (χ3n) is 7.57. The monoisotopic (exact) mass is 475 g/mol. The van der Waals surface area contributed by atoms with Gasteiger partial charge < -0.3 is 19.4 Å². The molecule has 0 N–H and O–H groups in total. The highest BCUT2D eigenvalue weighted by molar-refractivity contribution is 5.75. The van der Waals surface area contributed by atoms with Crippen LogP contribution in [0.4, 0.5) is 22.2 Å². The molecule has 3 aliphatic rings. The maximum atomic E-state index is 12.8. The van der Waals surface area contributed by atoms with Gasteiger partial charge in [-0.3, -0.25) is 0 Å². The predicted molar refractivity (Wildman–Crippen MR) is 133 cm³/mol. The molecule has 0 unspecified atom stereocenters. The molecule has 1 saturated heterocycles. The van der Waals surface area contributed by atoms with Crippen molar-refractivity contribution in [3.8, 4) is 6.07 Å². The highest BCUT2D eigenvalue weighted by atomic mass is 16.6. The lowest BCUT2D eigenvalue weighted by atomic mass is 9.66. The number of likely N-dealkylation sites (N-methyl/N-ethyl adjacent to an activating group) is 1. The van der Waals surface area contributed by atoms with Crippen molar-refractivity contribution in [1.29, 1.82) is 5.26 Å². The lowest BCUT2D eigenvalue weighted by molar-refractivity contribution is 0.0208. The van der Waals surface area contributed by atoms with Gasteiger partial charge in [-0.15, -0.1) is 0 Å². The molecule has 2 aliphatic heterocycles. The fourth-order valence-corrected chi connectivity index (χ4v) is 5.68. The van der Waals surface area contributed by atoms with Crippen LogP contribution in [0.5, 0.6) is 0 Å². The fourth-order valence-electron chi connectivity index (χ4n) is 5.68. The molecule has 2 aromatic heterocycles. The molecule has 9 nitrogen and oxygen atoms in total. The van der Waals surface area contributed by atoms with E-state index in [1.54, 1.807) is 23.5 Å². The van der Waals surface area contributed by atoms with Crippen molar-refractivity contribution in [3.63, 3.8) is 0 Å². The highest BCUT2D eigenvalue weighted by Gasteiger charge is 2.52. The summed E-state index contributed by atoms with van der Waals surface area (Å²) in [5, 5.41) is 9.38. The van der Waals surface area contributed by atoms with Crippen molar-refractivity contribution in [2.45, 2.75) is 64.0 Å². The zero-order valence-corrected chi connectivity index (χ0v) is 21.2. The van der Waals surface area contributed by atoms with Crippen LogP contribution in [0.1, 0.15) is 58.1 Å². The number of fused-ring (bicyclic) bond motifs is 2. The summed E-state index contributed by atoms with van der Waals surface area (Å²) >= 11 is 0.